The summed E-state index contributed by atoms with van der Waals surface area (Å²) in [5.74, 6) is -0.234. The Morgan fingerprint density at radius 1 is 1.04 bits per heavy atom. The molecule has 1 N–H and O–H groups in total. The SMILES string of the molecule is Cc1ccccc1CC(=O)N(Cc1ccc(Cl)cc1)C(C)C(=O)NC(C)C. The van der Waals surface area contributed by atoms with E-state index in [1.165, 1.54) is 0 Å². The van der Waals surface area contributed by atoms with Crippen molar-refractivity contribution in [1.82, 2.24) is 10.2 Å². The lowest BCUT2D eigenvalue weighted by Crippen LogP contribution is -2.49. The zero-order valence-corrected chi connectivity index (χ0v) is 17.1. The van der Waals surface area contributed by atoms with Crippen LogP contribution >= 0.6 is 11.6 Å². The molecule has 0 radical (unpaired) electrons. The van der Waals surface area contributed by atoms with E-state index in [1.807, 2.05) is 57.2 Å². The average molecular weight is 387 g/mol. The van der Waals surface area contributed by atoms with Gasteiger partial charge in [-0.2, -0.15) is 0 Å². The molecule has 1 atom stereocenters. The average Bonchev–Trinajstić information content (AvgIpc) is 2.62. The molecule has 0 aliphatic heterocycles. The number of nitrogens with one attached hydrogen (secondary N) is 1. The number of benzene rings is 2. The van der Waals surface area contributed by atoms with Gasteiger partial charge in [-0.1, -0.05) is 48.0 Å². The number of rotatable bonds is 7. The van der Waals surface area contributed by atoms with E-state index in [1.54, 1.807) is 24.0 Å². The molecular formula is C22H27ClN2O2. The van der Waals surface area contributed by atoms with Crippen molar-refractivity contribution < 1.29 is 9.59 Å². The number of halogens is 1. The molecule has 144 valence electrons. The lowest BCUT2D eigenvalue weighted by atomic mass is 10.0. The van der Waals surface area contributed by atoms with Crippen LogP contribution in [0.5, 0.6) is 0 Å². The van der Waals surface area contributed by atoms with E-state index in [4.69, 9.17) is 11.6 Å². The molecular weight excluding hydrogens is 360 g/mol. The summed E-state index contributed by atoms with van der Waals surface area (Å²) in [6.07, 6.45) is 0.263. The third kappa shape index (κ3) is 6.10. The first-order valence-electron chi connectivity index (χ1n) is 9.16. The zero-order chi connectivity index (χ0) is 20.0. The molecule has 0 spiro atoms. The van der Waals surface area contributed by atoms with Crippen molar-refractivity contribution >= 4 is 23.4 Å². The first kappa shape index (κ1) is 21.0. The van der Waals surface area contributed by atoms with Gasteiger partial charge in [-0.25, -0.2) is 0 Å². The molecule has 4 nitrogen and oxygen atoms in total. The Hall–Kier alpha value is -2.33. The predicted octanol–water partition coefficient (Wildman–Crippen LogP) is 4.13. The van der Waals surface area contributed by atoms with E-state index in [9.17, 15) is 9.59 Å². The number of hydrogen-bond acceptors (Lipinski definition) is 2. The van der Waals surface area contributed by atoms with Crippen molar-refractivity contribution in [3.63, 3.8) is 0 Å². The molecule has 1 unspecified atom stereocenters. The van der Waals surface area contributed by atoms with Gasteiger partial charge in [-0.15, -0.1) is 0 Å². The molecule has 2 aromatic rings. The summed E-state index contributed by atoms with van der Waals surface area (Å²) in [5, 5.41) is 3.53. The minimum absolute atomic E-state index is 0.0174. The maximum Gasteiger partial charge on any atom is 0.242 e. The van der Waals surface area contributed by atoms with Crippen LogP contribution in [0, 0.1) is 6.92 Å². The fourth-order valence-electron chi connectivity index (χ4n) is 2.85. The lowest BCUT2D eigenvalue weighted by Gasteiger charge is -2.29. The second kappa shape index (κ2) is 9.56. The Bertz CT molecular complexity index is 787. The van der Waals surface area contributed by atoms with E-state index < -0.39 is 6.04 Å². The Labute approximate surface area is 166 Å². The van der Waals surface area contributed by atoms with Gasteiger partial charge in [0.15, 0.2) is 0 Å². The van der Waals surface area contributed by atoms with Gasteiger partial charge in [0.2, 0.25) is 11.8 Å². The summed E-state index contributed by atoms with van der Waals surface area (Å²) in [7, 11) is 0. The van der Waals surface area contributed by atoms with Crippen LogP contribution in [0.3, 0.4) is 0 Å². The smallest absolute Gasteiger partial charge is 0.242 e. The molecule has 0 aromatic heterocycles. The van der Waals surface area contributed by atoms with Crippen molar-refractivity contribution in [2.24, 2.45) is 0 Å². The van der Waals surface area contributed by atoms with E-state index >= 15 is 0 Å². The van der Waals surface area contributed by atoms with Crippen molar-refractivity contribution in [2.75, 3.05) is 0 Å². The summed E-state index contributed by atoms with van der Waals surface area (Å²) < 4.78 is 0. The van der Waals surface area contributed by atoms with Crippen LogP contribution < -0.4 is 5.32 Å². The Balaban J connectivity index is 2.24. The van der Waals surface area contributed by atoms with Crippen LogP contribution in [0.25, 0.3) is 0 Å². The summed E-state index contributed by atoms with van der Waals surface area (Å²) in [5.41, 5.74) is 2.97. The largest absolute Gasteiger partial charge is 0.352 e. The molecule has 27 heavy (non-hydrogen) atoms. The van der Waals surface area contributed by atoms with Gasteiger partial charge in [0.1, 0.15) is 6.04 Å². The van der Waals surface area contributed by atoms with Gasteiger partial charge in [0.05, 0.1) is 6.42 Å². The first-order chi connectivity index (χ1) is 12.8. The molecule has 0 saturated carbocycles. The highest BCUT2D eigenvalue weighted by Crippen LogP contribution is 2.16. The molecule has 5 heteroatoms. The molecule has 0 fully saturated rings. The minimum atomic E-state index is -0.570. The highest BCUT2D eigenvalue weighted by atomic mass is 35.5. The third-order valence-electron chi connectivity index (χ3n) is 4.47. The first-order valence-corrected chi connectivity index (χ1v) is 9.54. The molecule has 0 aliphatic rings. The summed E-state index contributed by atoms with van der Waals surface area (Å²) in [6.45, 7) is 7.92. The standard InChI is InChI=1S/C22H27ClN2O2/c1-15(2)24-22(27)17(4)25(14-18-9-11-20(23)12-10-18)21(26)13-19-8-6-5-7-16(19)3/h5-12,15,17H,13-14H2,1-4H3,(H,24,27). The highest BCUT2D eigenvalue weighted by molar-refractivity contribution is 6.30. The fraction of sp³-hybridized carbons (Fsp3) is 0.364. The van der Waals surface area contributed by atoms with E-state index in [2.05, 4.69) is 5.32 Å². The number of carbonyl (C=O) groups is 2. The fourth-order valence-corrected chi connectivity index (χ4v) is 2.97. The summed E-state index contributed by atoms with van der Waals surface area (Å²) >= 11 is 5.96. The van der Waals surface area contributed by atoms with Gasteiger partial charge in [0, 0.05) is 17.6 Å². The maximum absolute atomic E-state index is 13.1. The maximum atomic E-state index is 13.1. The van der Waals surface area contributed by atoms with Crippen LogP contribution in [0.1, 0.15) is 37.5 Å². The van der Waals surface area contributed by atoms with Gasteiger partial charge in [0.25, 0.3) is 0 Å². The Morgan fingerprint density at radius 3 is 2.26 bits per heavy atom. The van der Waals surface area contributed by atoms with Crippen LogP contribution in [-0.2, 0) is 22.6 Å². The van der Waals surface area contributed by atoms with E-state index in [-0.39, 0.29) is 24.3 Å². The third-order valence-corrected chi connectivity index (χ3v) is 4.72. The van der Waals surface area contributed by atoms with Crippen molar-refractivity contribution in [1.29, 1.82) is 0 Å². The second-order valence-electron chi connectivity index (χ2n) is 7.09. The highest BCUT2D eigenvalue weighted by Gasteiger charge is 2.26. The summed E-state index contributed by atoms with van der Waals surface area (Å²) in [4.78, 5) is 27.3. The van der Waals surface area contributed by atoms with Crippen molar-refractivity contribution in [3.8, 4) is 0 Å². The number of amides is 2. The molecule has 2 amide bonds. The molecule has 0 bridgehead atoms. The number of aryl methyl sites for hydroxylation is 1. The molecule has 2 aromatic carbocycles. The Morgan fingerprint density at radius 2 is 1.67 bits per heavy atom. The molecule has 0 aliphatic carbocycles. The molecule has 2 rings (SSSR count). The lowest BCUT2D eigenvalue weighted by molar-refractivity contribution is -0.140. The van der Waals surface area contributed by atoms with Crippen LogP contribution in [-0.4, -0.2) is 28.8 Å². The van der Waals surface area contributed by atoms with Gasteiger partial charge in [-0.05, 0) is 56.5 Å². The quantitative estimate of drug-likeness (QED) is 0.777. The zero-order valence-electron chi connectivity index (χ0n) is 16.3. The van der Waals surface area contributed by atoms with Gasteiger partial charge in [-0.3, -0.25) is 9.59 Å². The number of nitrogens with zero attached hydrogens (tertiary/aromatic N) is 1. The van der Waals surface area contributed by atoms with E-state index in [0.717, 1.165) is 16.7 Å². The minimum Gasteiger partial charge on any atom is -0.352 e. The normalized spacial score (nSPS) is 11.9. The number of hydrogen-bond donors (Lipinski definition) is 1. The van der Waals surface area contributed by atoms with Crippen LogP contribution in [0.2, 0.25) is 5.02 Å². The van der Waals surface area contributed by atoms with Gasteiger partial charge < -0.3 is 10.2 Å². The van der Waals surface area contributed by atoms with E-state index in [0.29, 0.717) is 11.6 Å². The summed E-state index contributed by atoms with van der Waals surface area (Å²) in [6, 6.07) is 14.6. The molecule has 0 saturated heterocycles. The predicted molar refractivity (Wildman–Crippen MR) is 110 cm³/mol. The topological polar surface area (TPSA) is 49.4 Å². The Kier molecular flexibility index (Phi) is 7.43. The number of carbonyl (C=O) groups excluding carboxylic acids is 2. The van der Waals surface area contributed by atoms with Crippen molar-refractivity contribution in [3.05, 3.63) is 70.2 Å². The van der Waals surface area contributed by atoms with Crippen LogP contribution in [0.4, 0.5) is 0 Å². The monoisotopic (exact) mass is 386 g/mol. The van der Waals surface area contributed by atoms with Crippen molar-refractivity contribution in [2.45, 2.75) is 52.7 Å². The second-order valence-corrected chi connectivity index (χ2v) is 7.53. The van der Waals surface area contributed by atoms with Gasteiger partial charge >= 0.3 is 0 Å². The molecule has 0 heterocycles. The van der Waals surface area contributed by atoms with Crippen LogP contribution in [0.15, 0.2) is 48.5 Å².